The van der Waals surface area contributed by atoms with Crippen LogP contribution in [0.15, 0.2) is 30.3 Å². The first-order chi connectivity index (χ1) is 9.75. The van der Waals surface area contributed by atoms with E-state index < -0.39 is 0 Å². The minimum atomic E-state index is -0.251. The molecule has 0 amide bonds. The minimum absolute atomic E-state index is 0.0807. The summed E-state index contributed by atoms with van der Waals surface area (Å²) in [6.45, 7) is 8.04. The zero-order valence-corrected chi connectivity index (χ0v) is 12.8. The summed E-state index contributed by atoms with van der Waals surface area (Å²) in [6.07, 6.45) is 0. The van der Waals surface area contributed by atoms with Crippen LogP contribution < -0.4 is 11.1 Å². The number of rotatable bonds is 3. The van der Waals surface area contributed by atoms with Gasteiger partial charge in [0.1, 0.15) is 23.3 Å². The molecule has 1 aromatic heterocycles. The highest BCUT2D eigenvalue weighted by Crippen LogP contribution is 2.24. The van der Waals surface area contributed by atoms with Crippen LogP contribution in [-0.4, -0.2) is 9.97 Å². The van der Waals surface area contributed by atoms with E-state index in [1.807, 2.05) is 33.8 Å². The molecule has 0 aliphatic rings. The molecule has 0 saturated heterocycles. The fourth-order valence-corrected chi connectivity index (χ4v) is 1.96. The molecule has 4 nitrogen and oxygen atoms in total. The molecule has 2 rings (SSSR count). The van der Waals surface area contributed by atoms with Gasteiger partial charge in [-0.3, -0.25) is 0 Å². The average molecular weight is 288 g/mol. The summed E-state index contributed by atoms with van der Waals surface area (Å²) in [5.74, 6) is 1.49. The van der Waals surface area contributed by atoms with Gasteiger partial charge in [-0.15, -0.1) is 0 Å². The van der Waals surface area contributed by atoms with E-state index in [1.165, 1.54) is 12.1 Å². The van der Waals surface area contributed by atoms with Crippen LogP contribution in [0.3, 0.4) is 0 Å². The Morgan fingerprint density at radius 2 is 1.90 bits per heavy atom. The maximum atomic E-state index is 13.3. The third-order valence-electron chi connectivity index (χ3n) is 3.13. The van der Waals surface area contributed by atoms with Crippen LogP contribution in [0.1, 0.15) is 45.1 Å². The van der Waals surface area contributed by atoms with E-state index in [0.29, 0.717) is 17.5 Å². The van der Waals surface area contributed by atoms with Crippen molar-refractivity contribution in [3.8, 4) is 0 Å². The van der Waals surface area contributed by atoms with Crippen molar-refractivity contribution in [2.75, 3.05) is 11.1 Å². The van der Waals surface area contributed by atoms with Gasteiger partial charge in [-0.25, -0.2) is 14.4 Å². The fraction of sp³-hybridized carbons (Fsp3) is 0.375. The Kier molecular flexibility index (Phi) is 4.11. The SMILES string of the molecule is CC(Nc1cc(N)nc(C(C)(C)C)n1)c1cccc(F)c1. The van der Waals surface area contributed by atoms with Crippen molar-refractivity contribution in [3.63, 3.8) is 0 Å². The first-order valence-corrected chi connectivity index (χ1v) is 6.93. The quantitative estimate of drug-likeness (QED) is 0.904. The number of halogens is 1. The van der Waals surface area contributed by atoms with Crippen molar-refractivity contribution in [2.24, 2.45) is 0 Å². The normalized spacial score (nSPS) is 13.0. The molecule has 5 heteroatoms. The minimum Gasteiger partial charge on any atom is -0.384 e. The molecule has 0 radical (unpaired) electrons. The van der Waals surface area contributed by atoms with Crippen LogP contribution in [0.5, 0.6) is 0 Å². The Labute approximate surface area is 124 Å². The Morgan fingerprint density at radius 3 is 2.52 bits per heavy atom. The highest BCUT2D eigenvalue weighted by Gasteiger charge is 2.19. The number of nitrogens with two attached hydrogens (primary N) is 1. The molecule has 21 heavy (non-hydrogen) atoms. The zero-order valence-electron chi connectivity index (χ0n) is 12.8. The molecule has 0 aliphatic heterocycles. The van der Waals surface area contributed by atoms with Gasteiger partial charge in [0.2, 0.25) is 0 Å². The smallest absolute Gasteiger partial charge is 0.138 e. The van der Waals surface area contributed by atoms with E-state index in [9.17, 15) is 4.39 Å². The van der Waals surface area contributed by atoms with Crippen molar-refractivity contribution >= 4 is 11.6 Å². The largest absolute Gasteiger partial charge is 0.384 e. The van der Waals surface area contributed by atoms with Crippen LogP contribution in [0.4, 0.5) is 16.0 Å². The van der Waals surface area contributed by atoms with E-state index in [1.54, 1.807) is 12.1 Å². The Balaban J connectivity index is 2.25. The molecule has 0 aliphatic carbocycles. The summed E-state index contributed by atoms with van der Waals surface area (Å²) >= 11 is 0. The van der Waals surface area contributed by atoms with E-state index in [-0.39, 0.29) is 17.3 Å². The van der Waals surface area contributed by atoms with E-state index in [0.717, 1.165) is 5.56 Å². The van der Waals surface area contributed by atoms with E-state index in [2.05, 4.69) is 15.3 Å². The second kappa shape index (κ2) is 5.68. The average Bonchev–Trinajstić information content (AvgIpc) is 2.37. The van der Waals surface area contributed by atoms with Crippen molar-refractivity contribution in [3.05, 3.63) is 47.5 Å². The van der Waals surface area contributed by atoms with E-state index in [4.69, 9.17) is 5.73 Å². The Hall–Kier alpha value is -2.17. The lowest BCUT2D eigenvalue weighted by molar-refractivity contribution is 0.546. The first-order valence-electron chi connectivity index (χ1n) is 6.93. The summed E-state index contributed by atoms with van der Waals surface area (Å²) in [7, 11) is 0. The predicted octanol–water partition coefficient (Wildman–Crippen LogP) is 3.67. The molecule has 1 aromatic carbocycles. The number of nitrogens with zero attached hydrogens (tertiary/aromatic N) is 2. The molecule has 0 saturated carbocycles. The number of benzene rings is 1. The van der Waals surface area contributed by atoms with Gasteiger partial charge in [0.15, 0.2) is 0 Å². The molecule has 0 spiro atoms. The second-order valence-electron chi connectivity index (χ2n) is 6.17. The van der Waals surface area contributed by atoms with Gasteiger partial charge in [-0.2, -0.15) is 0 Å². The maximum Gasteiger partial charge on any atom is 0.138 e. The maximum absolute atomic E-state index is 13.3. The summed E-state index contributed by atoms with van der Waals surface area (Å²) in [5.41, 5.74) is 6.51. The second-order valence-corrected chi connectivity index (χ2v) is 6.17. The zero-order chi connectivity index (χ0) is 15.6. The third kappa shape index (κ3) is 3.90. The number of anilines is 2. The molecule has 3 N–H and O–H groups in total. The lowest BCUT2D eigenvalue weighted by Crippen LogP contribution is -2.19. The predicted molar refractivity (Wildman–Crippen MR) is 83.6 cm³/mol. The van der Waals surface area contributed by atoms with Crippen molar-refractivity contribution < 1.29 is 4.39 Å². The number of hydrogen-bond acceptors (Lipinski definition) is 4. The lowest BCUT2D eigenvalue weighted by Gasteiger charge is -2.20. The van der Waals surface area contributed by atoms with Crippen LogP contribution in [0, 0.1) is 5.82 Å². The molecule has 1 atom stereocenters. The van der Waals surface area contributed by atoms with Gasteiger partial charge < -0.3 is 11.1 Å². The molecule has 1 unspecified atom stereocenters. The topological polar surface area (TPSA) is 63.8 Å². The fourth-order valence-electron chi connectivity index (χ4n) is 1.96. The van der Waals surface area contributed by atoms with Gasteiger partial charge in [-0.05, 0) is 24.6 Å². The van der Waals surface area contributed by atoms with Gasteiger partial charge in [0.25, 0.3) is 0 Å². The van der Waals surface area contributed by atoms with Gasteiger partial charge >= 0.3 is 0 Å². The van der Waals surface area contributed by atoms with Crippen LogP contribution in [-0.2, 0) is 5.41 Å². The van der Waals surface area contributed by atoms with E-state index >= 15 is 0 Å². The summed E-state index contributed by atoms with van der Waals surface area (Å²) in [4.78, 5) is 8.76. The molecule has 112 valence electrons. The van der Waals surface area contributed by atoms with Crippen molar-refractivity contribution in [1.29, 1.82) is 0 Å². The number of aromatic nitrogens is 2. The highest BCUT2D eigenvalue weighted by molar-refractivity contribution is 5.47. The number of nitrogens with one attached hydrogen (secondary N) is 1. The third-order valence-corrected chi connectivity index (χ3v) is 3.13. The van der Waals surface area contributed by atoms with Crippen LogP contribution >= 0.6 is 0 Å². The molecular formula is C16H21FN4. The molecule has 0 bridgehead atoms. The van der Waals surface area contributed by atoms with Gasteiger partial charge in [0.05, 0.1) is 6.04 Å². The number of nitrogen functional groups attached to an aromatic ring is 1. The standard InChI is InChI=1S/C16H21FN4/c1-10(11-6-5-7-12(17)8-11)19-14-9-13(18)20-15(21-14)16(2,3)4/h5-10H,1-4H3,(H3,18,19,20,21). The van der Waals surface area contributed by atoms with Crippen molar-refractivity contribution in [1.82, 2.24) is 9.97 Å². The molecule has 2 aromatic rings. The number of hydrogen-bond donors (Lipinski definition) is 2. The van der Waals surface area contributed by atoms with Gasteiger partial charge in [-0.1, -0.05) is 32.9 Å². The highest BCUT2D eigenvalue weighted by atomic mass is 19.1. The Bertz CT molecular complexity index is 634. The lowest BCUT2D eigenvalue weighted by atomic mass is 9.96. The van der Waals surface area contributed by atoms with Crippen molar-refractivity contribution in [2.45, 2.75) is 39.2 Å². The summed E-state index contributed by atoms with van der Waals surface area (Å²) in [5, 5.41) is 3.24. The Morgan fingerprint density at radius 1 is 1.19 bits per heavy atom. The molecular weight excluding hydrogens is 267 g/mol. The molecule has 1 heterocycles. The van der Waals surface area contributed by atoms with Crippen LogP contribution in [0.2, 0.25) is 0 Å². The summed E-state index contributed by atoms with van der Waals surface area (Å²) in [6, 6.07) is 8.10. The van der Waals surface area contributed by atoms with Crippen LogP contribution in [0.25, 0.3) is 0 Å². The van der Waals surface area contributed by atoms with Gasteiger partial charge in [0, 0.05) is 11.5 Å². The summed E-state index contributed by atoms with van der Waals surface area (Å²) < 4.78 is 13.3. The monoisotopic (exact) mass is 288 g/mol. The molecule has 0 fully saturated rings. The first kappa shape index (κ1) is 15.2.